The number of carbonyl (C=O) groups excluding carboxylic acids is 2. The monoisotopic (exact) mass is 501 g/mol. The minimum Gasteiger partial charge on any atom is -0.444 e. The standard InChI is InChI=1S/C24H27N3O5S2/c1-5-34(30,31)26-14-18(17-10-6-7-11-19(17)26)21(28)20-15-33-22(16-9-8-12-25-13-16)27(20)23(29)32-24(2,3)4/h6-14,20,22H,5,15H2,1-4H3/t20-,22?/m0/s1. The SMILES string of the molecule is CCS(=O)(=O)n1cc(C(=O)[C@@H]2CSC(c3cccnc3)N2C(=O)OC(C)(C)C)c2ccccc21. The summed E-state index contributed by atoms with van der Waals surface area (Å²) in [7, 11) is -3.62. The summed E-state index contributed by atoms with van der Waals surface area (Å²) in [6.07, 6.45) is 4.09. The molecule has 34 heavy (non-hydrogen) atoms. The van der Waals surface area contributed by atoms with Gasteiger partial charge in [-0.3, -0.25) is 14.7 Å². The summed E-state index contributed by atoms with van der Waals surface area (Å²) in [6, 6.07) is 9.70. The Bertz CT molecular complexity index is 1330. The number of aromatic nitrogens is 2. The van der Waals surface area contributed by atoms with Gasteiger partial charge in [-0.15, -0.1) is 11.8 Å². The summed E-state index contributed by atoms with van der Waals surface area (Å²) in [5.41, 5.74) is 0.733. The van der Waals surface area contributed by atoms with E-state index in [0.29, 0.717) is 16.7 Å². The van der Waals surface area contributed by atoms with Gasteiger partial charge in [0.25, 0.3) is 0 Å². The quantitative estimate of drug-likeness (QED) is 0.476. The number of ketones is 1. The first-order chi connectivity index (χ1) is 16.0. The van der Waals surface area contributed by atoms with Crippen molar-refractivity contribution in [3.8, 4) is 0 Å². The molecule has 1 aliphatic heterocycles. The van der Waals surface area contributed by atoms with E-state index in [4.69, 9.17) is 4.74 Å². The van der Waals surface area contributed by atoms with E-state index >= 15 is 0 Å². The maximum absolute atomic E-state index is 13.9. The summed E-state index contributed by atoms with van der Waals surface area (Å²) < 4.78 is 32.2. The van der Waals surface area contributed by atoms with Crippen LogP contribution in [0.4, 0.5) is 4.79 Å². The fraction of sp³-hybridized carbons (Fsp3) is 0.375. The molecular formula is C24H27N3O5S2. The van der Waals surface area contributed by atoms with Crippen LogP contribution in [0, 0.1) is 0 Å². The lowest BCUT2D eigenvalue weighted by Gasteiger charge is -2.31. The minimum absolute atomic E-state index is 0.105. The van der Waals surface area contributed by atoms with Crippen LogP contribution in [0.3, 0.4) is 0 Å². The van der Waals surface area contributed by atoms with Crippen LogP contribution in [0.2, 0.25) is 0 Å². The first kappa shape index (κ1) is 24.3. The molecule has 1 aliphatic rings. The van der Waals surface area contributed by atoms with Gasteiger partial charge in [0.1, 0.15) is 17.0 Å². The fourth-order valence-corrected chi connectivity index (χ4v) is 6.32. The molecule has 0 N–H and O–H groups in total. The number of Topliss-reactive ketones (excluding diaryl/α,β-unsaturated/α-hetero) is 1. The molecule has 0 aliphatic carbocycles. The molecule has 10 heteroatoms. The molecule has 0 bridgehead atoms. The molecule has 4 rings (SSSR count). The van der Waals surface area contributed by atoms with Crippen molar-refractivity contribution in [1.29, 1.82) is 0 Å². The molecule has 1 unspecified atom stereocenters. The van der Waals surface area contributed by atoms with Gasteiger partial charge in [-0.1, -0.05) is 24.3 Å². The van der Waals surface area contributed by atoms with Crippen molar-refractivity contribution in [2.45, 2.75) is 44.7 Å². The summed E-state index contributed by atoms with van der Waals surface area (Å²) in [5, 5.41) is 0.0775. The number of pyridine rings is 1. The molecule has 2 atom stereocenters. The van der Waals surface area contributed by atoms with E-state index in [9.17, 15) is 18.0 Å². The van der Waals surface area contributed by atoms with Gasteiger partial charge in [-0.25, -0.2) is 17.2 Å². The average Bonchev–Trinajstić information content (AvgIpc) is 3.41. The molecule has 180 valence electrons. The van der Waals surface area contributed by atoms with Crippen LogP contribution in [0.5, 0.6) is 0 Å². The number of rotatable bonds is 5. The molecule has 1 aromatic carbocycles. The van der Waals surface area contributed by atoms with Crippen LogP contribution in [0.1, 0.15) is 49.0 Å². The van der Waals surface area contributed by atoms with Crippen molar-refractivity contribution in [3.63, 3.8) is 0 Å². The lowest BCUT2D eigenvalue weighted by molar-refractivity contribution is 0.0173. The van der Waals surface area contributed by atoms with Crippen molar-refractivity contribution in [3.05, 3.63) is 66.1 Å². The van der Waals surface area contributed by atoms with E-state index in [0.717, 1.165) is 9.54 Å². The Kier molecular flexibility index (Phi) is 6.48. The number of benzene rings is 1. The maximum Gasteiger partial charge on any atom is 0.412 e. The molecule has 1 amide bonds. The van der Waals surface area contributed by atoms with Gasteiger partial charge in [0.2, 0.25) is 10.0 Å². The van der Waals surface area contributed by atoms with Crippen molar-refractivity contribution >= 4 is 44.6 Å². The number of hydrogen-bond donors (Lipinski definition) is 0. The molecule has 8 nitrogen and oxygen atoms in total. The normalized spacial score (nSPS) is 18.9. The second-order valence-corrected chi connectivity index (χ2v) is 12.2. The number of para-hydroxylation sites is 1. The molecule has 0 spiro atoms. The van der Waals surface area contributed by atoms with Crippen molar-refractivity contribution in [1.82, 2.24) is 13.9 Å². The highest BCUT2D eigenvalue weighted by Gasteiger charge is 2.45. The van der Waals surface area contributed by atoms with E-state index in [-0.39, 0.29) is 17.1 Å². The van der Waals surface area contributed by atoms with Gasteiger partial charge < -0.3 is 4.74 Å². The highest BCUT2D eigenvalue weighted by molar-refractivity contribution is 7.99. The number of ether oxygens (including phenoxy) is 1. The Morgan fingerprint density at radius 3 is 2.56 bits per heavy atom. The van der Waals surface area contributed by atoms with Gasteiger partial charge in [0.15, 0.2) is 5.78 Å². The van der Waals surface area contributed by atoms with Crippen LogP contribution in [0.25, 0.3) is 10.9 Å². The lowest BCUT2D eigenvalue weighted by Crippen LogP contribution is -2.45. The van der Waals surface area contributed by atoms with Gasteiger partial charge in [-0.05, 0) is 39.8 Å². The second kappa shape index (κ2) is 9.07. The van der Waals surface area contributed by atoms with Crippen molar-refractivity contribution in [2.24, 2.45) is 0 Å². The zero-order valence-electron chi connectivity index (χ0n) is 19.5. The first-order valence-electron chi connectivity index (χ1n) is 10.9. The molecule has 0 saturated carbocycles. The highest BCUT2D eigenvalue weighted by atomic mass is 32.2. The third-order valence-corrected chi connectivity index (χ3v) is 8.44. The topological polar surface area (TPSA) is 98.6 Å². The fourth-order valence-electron chi connectivity index (χ4n) is 3.92. The Balaban J connectivity index is 1.79. The molecule has 1 saturated heterocycles. The molecule has 3 heterocycles. The molecule has 0 radical (unpaired) electrons. The van der Waals surface area contributed by atoms with Crippen LogP contribution in [-0.4, -0.2) is 57.3 Å². The number of nitrogens with zero attached hydrogens (tertiary/aromatic N) is 3. The number of amides is 1. The summed E-state index contributed by atoms with van der Waals surface area (Å²) in [6.45, 7) is 6.87. The third-order valence-electron chi connectivity index (χ3n) is 5.48. The third kappa shape index (κ3) is 4.56. The predicted molar refractivity (Wildman–Crippen MR) is 132 cm³/mol. The van der Waals surface area contributed by atoms with Crippen molar-refractivity contribution < 1.29 is 22.7 Å². The van der Waals surface area contributed by atoms with Crippen LogP contribution in [-0.2, 0) is 14.8 Å². The molecular weight excluding hydrogens is 474 g/mol. The second-order valence-electron chi connectivity index (χ2n) is 9.00. The molecule has 1 fully saturated rings. The summed E-state index contributed by atoms with van der Waals surface area (Å²) in [4.78, 5) is 32.8. The zero-order valence-corrected chi connectivity index (χ0v) is 21.1. The zero-order chi connectivity index (χ0) is 24.7. The highest BCUT2D eigenvalue weighted by Crippen LogP contribution is 2.43. The number of hydrogen-bond acceptors (Lipinski definition) is 7. The lowest BCUT2D eigenvalue weighted by atomic mass is 10.0. The summed E-state index contributed by atoms with van der Waals surface area (Å²) in [5.74, 6) is -0.0883. The van der Waals surface area contributed by atoms with E-state index in [1.807, 2.05) is 6.07 Å². The molecule has 3 aromatic rings. The Hall–Kier alpha value is -2.85. The number of carbonyl (C=O) groups is 2. The largest absolute Gasteiger partial charge is 0.444 e. The maximum atomic E-state index is 13.9. The average molecular weight is 502 g/mol. The van der Waals surface area contributed by atoms with Crippen LogP contribution < -0.4 is 0 Å². The predicted octanol–water partition coefficient (Wildman–Crippen LogP) is 4.47. The van der Waals surface area contributed by atoms with Gasteiger partial charge >= 0.3 is 6.09 Å². The first-order valence-corrected chi connectivity index (χ1v) is 13.6. The smallest absolute Gasteiger partial charge is 0.412 e. The Morgan fingerprint density at radius 1 is 1.18 bits per heavy atom. The van der Waals surface area contributed by atoms with Crippen LogP contribution in [0.15, 0.2) is 55.0 Å². The van der Waals surface area contributed by atoms with Crippen molar-refractivity contribution in [2.75, 3.05) is 11.5 Å². The van der Waals surface area contributed by atoms with E-state index in [1.54, 1.807) is 70.4 Å². The number of fused-ring (bicyclic) bond motifs is 1. The molecule has 2 aromatic heterocycles. The Labute approximate surface area is 203 Å². The number of thioether (sulfide) groups is 1. The van der Waals surface area contributed by atoms with Crippen LogP contribution >= 0.6 is 11.8 Å². The van der Waals surface area contributed by atoms with E-state index in [1.165, 1.54) is 22.9 Å². The summed E-state index contributed by atoms with van der Waals surface area (Å²) >= 11 is 1.45. The van der Waals surface area contributed by atoms with E-state index in [2.05, 4.69) is 4.98 Å². The van der Waals surface area contributed by atoms with E-state index < -0.39 is 33.1 Å². The van der Waals surface area contributed by atoms with Gasteiger partial charge in [0, 0.05) is 40.9 Å². The van der Waals surface area contributed by atoms with Gasteiger partial charge in [-0.2, -0.15) is 0 Å². The minimum atomic E-state index is -3.62. The Morgan fingerprint density at radius 2 is 1.91 bits per heavy atom. The van der Waals surface area contributed by atoms with Gasteiger partial charge in [0.05, 0.1) is 11.3 Å².